The predicted octanol–water partition coefficient (Wildman–Crippen LogP) is 0.212. The van der Waals surface area contributed by atoms with Gasteiger partial charge in [0.15, 0.2) is 0 Å². The maximum absolute atomic E-state index is 12.3. The summed E-state index contributed by atoms with van der Waals surface area (Å²) in [4.78, 5) is 11.4. The lowest BCUT2D eigenvalue weighted by atomic mass is 10.1. The van der Waals surface area contributed by atoms with Crippen molar-refractivity contribution in [3.05, 3.63) is 42.5 Å². The minimum absolute atomic E-state index is 0.00164. The van der Waals surface area contributed by atoms with Crippen molar-refractivity contribution in [3.8, 4) is 0 Å². The van der Waals surface area contributed by atoms with Crippen LogP contribution in [-0.4, -0.2) is 51.5 Å². The highest BCUT2D eigenvalue weighted by molar-refractivity contribution is 7.89. The molecular weight excluding hydrogens is 322 g/mol. The molecule has 23 heavy (non-hydrogen) atoms. The highest BCUT2D eigenvalue weighted by atomic mass is 32.2. The summed E-state index contributed by atoms with van der Waals surface area (Å²) >= 11 is 0. The second kappa shape index (κ2) is 7.69. The molecule has 0 fully saturated rings. The van der Waals surface area contributed by atoms with Crippen molar-refractivity contribution >= 4 is 16.0 Å². The van der Waals surface area contributed by atoms with Crippen LogP contribution >= 0.6 is 0 Å². The lowest BCUT2D eigenvalue weighted by Gasteiger charge is -2.31. The molecule has 1 aromatic carbocycles. The van der Waals surface area contributed by atoms with Crippen LogP contribution in [0.5, 0.6) is 0 Å². The van der Waals surface area contributed by atoms with Gasteiger partial charge in [0.1, 0.15) is 6.10 Å². The largest absolute Gasteiger partial charge is 0.469 e. The Labute approximate surface area is 135 Å². The summed E-state index contributed by atoms with van der Waals surface area (Å²) in [6, 6.07) is 7.19. The number of carbonyl (C=O) groups excluding carboxylic acids is 1. The van der Waals surface area contributed by atoms with Crippen LogP contribution in [0.3, 0.4) is 0 Å². The number of hydrogen-bond donors (Lipinski definition) is 2. The van der Waals surface area contributed by atoms with Gasteiger partial charge in [-0.1, -0.05) is 30.4 Å². The van der Waals surface area contributed by atoms with Crippen LogP contribution in [0.4, 0.5) is 0 Å². The Morgan fingerprint density at radius 3 is 2.61 bits per heavy atom. The van der Waals surface area contributed by atoms with Crippen LogP contribution in [0.2, 0.25) is 0 Å². The molecule has 8 heteroatoms. The molecule has 1 aliphatic rings. The first-order valence-electron chi connectivity index (χ1n) is 7.05. The molecule has 1 heterocycles. The van der Waals surface area contributed by atoms with Crippen molar-refractivity contribution in [2.75, 3.05) is 13.7 Å². The predicted molar refractivity (Wildman–Crippen MR) is 82.1 cm³/mol. The Balaban J connectivity index is 2.10. The fourth-order valence-corrected chi connectivity index (χ4v) is 3.44. The van der Waals surface area contributed by atoms with Crippen LogP contribution in [0.15, 0.2) is 47.4 Å². The van der Waals surface area contributed by atoms with Crippen molar-refractivity contribution in [1.29, 1.82) is 0 Å². The number of rotatable bonds is 6. The zero-order valence-electron chi connectivity index (χ0n) is 12.6. The molecule has 0 aromatic heterocycles. The van der Waals surface area contributed by atoms with Gasteiger partial charge >= 0.3 is 5.97 Å². The second-order valence-electron chi connectivity index (χ2n) is 5.02. The molecule has 0 radical (unpaired) electrons. The third-order valence-corrected chi connectivity index (χ3v) is 4.88. The van der Waals surface area contributed by atoms with Gasteiger partial charge in [-0.3, -0.25) is 4.79 Å². The van der Waals surface area contributed by atoms with E-state index in [0.717, 1.165) is 0 Å². The molecule has 0 amide bonds. The molecule has 0 unspecified atom stereocenters. The van der Waals surface area contributed by atoms with E-state index in [9.17, 15) is 18.3 Å². The summed E-state index contributed by atoms with van der Waals surface area (Å²) in [5.41, 5.74) is 0. The summed E-state index contributed by atoms with van der Waals surface area (Å²) < 4.78 is 37.2. The SMILES string of the molecule is COC(=O)C[C@H]1C=C[C@@H](NS(=O)(=O)c2ccccc2)[C@@H](CO)O1. The van der Waals surface area contributed by atoms with Crippen LogP contribution in [-0.2, 0) is 24.3 Å². The summed E-state index contributed by atoms with van der Waals surface area (Å²) in [5, 5.41) is 9.43. The molecule has 1 aliphatic heterocycles. The van der Waals surface area contributed by atoms with Crippen molar-refractivity contribution in [1.82, 2.24) is 4.72 Å². The molecule has 126 valence electrons. The Morgan fingerprint density at radius 2 is 2.00 bits per heavy atom. The average molecular weight is 341 g/mol. The van der Waals surface area contributed by atoms with E-state index in [1.807, 2.05) is 0 Å². The smallest absolute Gasteiger partial charge is 0.308 e. The molecular formula is C15H19NO6S. The van der Waals surface area contributed by atoms with Gasteiger partial charge in [-0.05, 0) is 12.1 Å². The Bertz CT molecular complexity index is 658. The monoisotopic (exact) mass is 341 g/mol. The van der Waals surface area contributed by atoms with Crippen molar-refractivity contribution in [3.63, 3.8) is 0 Å². The van der Waals surface area contributed by atoms with E-state index in [2.05, 4.69) is 9.46 Å². The van der Waals surface area contributed by atoms with Crippen LogP contribution in [0, 0.1) is 0 Å². The van der Waals surface area contributed by atoms with E-state index in [-0.39, 0.29) is 17.9 Å². The quantitative estimate of drug-likeness (QED) is 0.567. The number of carbonyl (C=O) groups is 1. The van der Waals surface area contributed by atoms with Crippen molar-refractivity contribution in [2.24, 2.45) is 0 Å². The normalized spacial score (nSPS) is 24.3. The first-order valence-corrected chi connectivity index (χ1v) is 8.53. The number of sulfonamides is 1. The number of methoxy groups -OCH3 is 1. The minimum atomic E-state index is -3.73. The average Bonchev–Trinajstić information content (AvgIpc) is 2.56. The Hall–Kier alpha value is -1.74. The summed E-state index contributed by atoms with van der Waals surface area (Å²) in [6.07, 6.45) is 1.83. The molecule has 7 nitrogen and oxygen atoms in total. The topological polar surface area (TPSA) is 102 Å². The van der Waals surface area contributed by atoms with Gasteiger partial charge in [0.25, 0.3) is 0 Å². The van der Waals surface area contributed by atoms with Gasteiger partial charge in [-0.2, -0.15) is 0 Å². The lowest BCUT2D eigenvalue weighted by Crippen LogP contribution is -2.48. The number of hydrogen-bond acceptors (Lipinski definition) is 6. The number of nitrogens with one attached hydrogen (secondary N) is 1. The summed E-state index contributed by atoms with van der Waals surface area (Å²) in [5.74, 6) is -0.445. The second-order valence-corrected chi connectivity index (χ2v) is 6.73. The standard InChI is InChI=1S/C15H19NO6S/c1-21-15(18)9-11-7-8-13(14(10-17)22-11)16-23(19,20)12-5-3-2-4-6-12/h2-8,11,13-14,16-17H,9-10H2,1H3/t11-,13-,14-/m1/s1. The highest BCUT2D eigenvalue weighted by Gasteiger charge is 2.31. The zero-order valence-corrected chi connectivity index (χ0v) is 13.4. The van der Waals surface area contributed by atoms with Crippen LogP contribution in [0.1, 0.15) is 6.42 Å². The first kappa shape index (κ1) is 17.6. The van der Waals surface area contributed by atoms with Crippen molar-refractivity contribution < 1.29 is 27.8 Å². The lowest BCUT2D eigenvalue weighted by molar-refractivity contribution is -0.144. The van der Waals surface area contributed by atoms with E-state index in [4.69, 9.17) is 4.74 Å². The van der Waals surface area contributed by atoms with Crippen LogP contribution in [0.25, 0.3) is 0 Å². The Kier molecular flexibility index (Phi) is 5.89. The van der Waals surface area contributed by atoms with Gasteiger partial charge in [-0.15, -0.1) is 0 Å². The molecule has 3 atom stereocenters. The van der Waals surface area contributed by atoms with Gasteiger partial charge in [-0.25, -0.2) is 13.1 Å². The fraction of sp³-hybridized carbons (Fsp3) is 0.400. The number of benzene rings is 1. The highest BCUT2D eigenvalue weighted by Crippen LogP contribution is 2.18. The maximum atomic E-state index is 12.3. The molecule has 2 rings (SSSR count). The Morgan fingerprint density at radius 1 is 1.30 bits per heavy atom. The van der Waals surface area contributed by atoms with Crippen molar-refractivity contribution in [2.45, 2.75) is 29.6 Å². The first-order chi connectivity index (χ1) is 11.0. The van der Waals surface area contributed by atoms with Gasteiger partial charge in [0, 0.05) is 0 Å². The molecule has 0 bridgehead atoms. The molecule has 0 aliphatic carbocycles. The molecule has 2 N–H and O–H groups in total. The maximum Gasteiger partial charge on any atom is 0.308 e. The van der Waals surface area contributed by atoms with E-state index in [1.165, 1.54) is 19.2 Å². The number of ether oxygens (including phenoxy) is 2. The third kappa shape index (κ3) is 4.61. The van der Waals surface area contributed by atoms with E-state index in [0.29, 0.717) is 0 Å². The van der Waals surface area contributed by atoms with E-state index >= 15 is 0 Å². The molecule has 0 saturated heterocycles. The molecule has 0 spiro atoms. The number of aliphatic hydroxyl groups excluding tert-OH is 1. The van der Waals surface area contributed by atoms with Crippen LogP contribution < -0.4 is 4.72 Å². The third-order valence-electron chi connectivity index (χ3n) is 3.40. The number of esters is 1. The van der Waals surface area contributed by atoms with Gasteiger partial charge < -0.3 is 14.6 Å². The zero-order chi connectivity index (χ0) is 16.9. The summed E-state index contributed by atoms with van der Waals surface area (Å²) in [6.45, 7) is -0.385. The minimum Gasteiger partial charge on any atom is -0.469 e. The fourth-order valence-electron chi connectivity index (χ4n) is 2.20. The number of aliphatic hydroxyl groups is 1. The van der Waals surface area contributed by atoms with Gasteiger partial charge in [0.05, 0.1) is 37.2 Å². The summed E-state index contributed by atoms with van der Waals surface area (Å²) in [7, 11) is -2.46. The van der Waals surface area contributed by atoms with E-state index in [1.54, 1.807) is 30.4 Å². The van der Waals surface area contributed by atoms with Gasteiger partial charge in [0.2, 0.25) is 10.0 Å². The molecule has 0 saturated carbocycles. The van der Waals surface area contributed by atoms with E-state index < -0.39 is 34.2 Å². The molecule has 1 aromatic rings.